The van der Waals surface area contributed by atoms with Gasteiger partial charge < -0.3 is 19.0 Å². The first-order chi connectivity index (χ1) is 12.5. The summed E-state index contributed by atoms with van der Waals surface area (Å²) in [4.78, 5) is 28.3. The van der Waals surface area contributed by atoms with Crippen molar-refractivity contribution in [2.45, 2.75) is 26.4 Å². The summed E-state index contributed by atoms with van der Waals surface area (Å²) >= 11 is 0. The Labute approximate surface area is 153 Å². The van der Waals surface area contributed by atoms with Crippen molar-refractivity contribution >= 4 is 11.8 Å². The molecule has 1 aliphatic rings. The van der Waals surface area contributed by atoms with Gasteiger partial charge in [-0.3, -0.25) is 9.59 Å². The molecule has 0 radical (unpaired) electrons. The number of nitrogens with zero attached hydrogens (tertiary/aromatic N) is 2. The van der Waals surface area contributed by atoms with Gasteiger partial charge in [0.2, 0.25) is 5.91 Å². The quantitative estimate of drug-likeness (QED) is 0.826. The van der Waals surface area contributed by atoms with Crippen molar-refractivity contribution in [2.75, 3.05) is 26.2 Å². The zero-order valence-corrected chi connectivity index (χ0v) is 15.2. The fourth-order valence-corrected chi connectivity index (χ4v) is 2.96. The van der Waals surface area contributed by atoms with Gasteiger partial charge in [-0.05, 0) is 43.7 Å². The van der Waals surface area contributed by atoms with Crippen LogP contribution in [0.15, 0.2) is 47.1 Å². The Morgan fingerprint density at radius 2 is 1.69 bits per heavy atom. The molecule has 3 rings (SSSR count). The lowest BCUT2D eigenvalue weighted by molar-refractivity contribution is -0.131. The monoisotopic (exact) mass is 356 g/mol. The molecule has 0 unspecified atom stereocenters. The van der Waals surface area contributed by atoms with E-state index in [1.54, 1.807) is 17.0 Å². The minimum absolute atomic E-state index is 0.0765. The number of hydrogen-bond acceptors (Lipinski definition) is 4. The second-order valence-corrected chi connectivity index (χ2v) is 6.64. The second kappa shape index (κ2) is 8.08. The van der Waals surface area contributed by atoms with Crippen LogP contribution >= 0.6 is 0 Å². The molecule has 1 aromatic carbocycles. The molecular formula is C20H24N2O4. The number of hydrogen-bond donors (Lipinski definition) is 0. The van der Waals surface area contributed by atoms with Crippen LogP contribution in [-0.4, -0.2) is 53.9 Å². The van der Waals surface area contributed by atoms with Gasteiger partial charge in [0.05, 0.1) is 18.8 Å². The summed E-state index contributed by atoms with van der Waals surface area (Å²) in [5.74, 6) is 1.10. The van der Waals surface area contributed by atoms with Crippen LogP contribution in [0.25, 0.3) is 0 Å². The highest BCUT2D eigenvalue weighted by Crippen LogP contribution is 2.15. The van der Waals surface area contributed by atoms with E-state index in [1.807, 2.05) is 43.0 Å². The Morgan fingerprint density at radius 3 is 2.27 bits per heavy atom. The van der Waals surface area contributed by atoms with Crippen molar-refractivity contribution in [3.63, 3.8) is 0 Å². The van der Waals surface area contributed by atoms with Gasteiger partial charge in [-0.1, -0.05) is 12.1 Å². The summed E-state index contributed by atoms with van der Waals surface area (Å²) < 4.78 is 10.8. The normalized spacial score (nSPS) is 14.6. The number of rotatable bonds is 5. The van der Waals surface area contributed by atoms with E-state index in [1.165, 1.54) is 6.26 Å². The van der Waals surface area contributed by atoms with Gasteiger partial charge in [0.15, 0.2) is 5.76 Å². The molecule has 1 saturated heterocycles. The fraction of sp³-hybridized carbons (Fsp3) is 0.400. The van der Waals surface area contributed by atoms with Crippen LogP contribution in [0.2, 0.25) is 0 Å². The Hall–Kier alpha value is -2.76. The average Bonchev–Trinajstić information content (AvgIpc) is 3.17. The second-order valence-electron chi connectivity index (χ2n) is 6.64. The molecule has 1 fully saturated rings. The summed E-state index contributed by atoms with van der Waals surface area (Å²) in [6.45, 7) is 6.08. The average molecular weight is 356 g/mol. The van der Waals surface area contributed by atoms with Crippen LogP contribution in [0.4, 0.5) is 0 Å². The lowest BCUT2D eigenvalue weighted by atomic mass is 10.1. The Morgan fingerprint density at radius 1 is 1.04 bits per heavy atom. The highest BCUT2D eigenvalue weighted by Gasteiger charge is 2.25. The van der Waals surface area contributed by atoms with Gasteiger partial charge in [0.25, 0.3) is 5.91 Å². The summed E-state index contributed by atoms with van der Waals surface area (Å²) in [7, 11) is 0. The smallest absolute Gasteiger partial charge is 0.289 e. The van der Waals surface area contributed by atoms with E-state index in [4.69, 9.17) is 9.15 Å². The fourth-order valence-electron chi connectivity index (χ4n) is 2.96. The number of ether oxygens (including phenoxy) is 1. The molecule has 0 atom stereocenters. The van der Waals surface area contributed by atoms with Crippen LogP contribution in [0.3, 0.4) is 0 Å². The summed E-state index contributed by atoms with van der Waals surface area (Å²) in [6, 6.07) is 11.0. The first-order valence-corrected chi connectivity index (χ1v) is 8.89. The molecule has 6 heteroatoms. The predicted molar refractivity (Wildman–Crippen MR) is 97.1 cm³/mol. The number of carbonyl (C=O) groups excluding carboxylic acids is 2. The molecule has 2 aromatic rings. The van der Waals surface area contributed by atoms with Crippen LogP contribution < -0.4 is 4.74 Å². The molecule has 0 saturated carbocycles. The first kappa shape index (κ1) is 18.0. The van der Waals surface area contributed by atoms with Crippen molar-refractivity contribution in [3.05, 3.63) is 54.0 Å². The Balaban J connectivity index is 1.50. The first-order valence-electron chi connectivity index (χ1n) is 8.89. The zero-order chi connectivity index (χ0) is 18.5. The van der Waals surface area contributed by atoms with E-state index in [-0.39, 0.29) is 17.9 Å². The van der Waals surface area contributed by atoms with Gasteiger partial charge in [-0.25, -0.2) is 0 Å². The van der Waals surface area contributed by atoms with Crippen LogP contribution in [0.5, 0.6) is 5.75 Å². The maximum Gasteiger partial charge on any atom is 0.289 e. The van der Waals surface area contributed by atoms with E-state index < -0.39 is 0 Å². The van der Waals surface area contributed by atoms with Crippen molar-refractivity contribution in [1.29, 1.82) is 0 Å². The van der Waals surface area contributed by atoms with E-state index in [2.05, 4.69) is 0 Å². The zero-order valence-electron chi connectivity index (χ0n) is 15.2. The minimum atomic E-state index is -0.122. The summed E-state index contributed by atoms with van der Waals surface area (Å²) in [6.07, 6.45) is 1.97. The van der Waals surface area contributed by atoms with Gasteiger partial charge in [-0.15, -0.1) is 0 Å². The van der Waals surface area contributed by atoms with E-state index in [9.17, 15) is 9.59 Å². The number of furan rings is 1. The molecular weight excluding hydrogens is 332 g/mol. The summed E-state index contributed by atoms with van der Waals surface area (Å²) in [5, 5.41) is 0. The van der Waals surface area contributed by atoms with Gasteiger partial charge >= 0.3 is 0 Å². The predicted octanol–water partition coefficient (Wildman–Crippen LogP) is 2.59. The number of amides is 2. The molecule has 138 valence electrons. The molecule has 1 aromatic heterocycles. The SMILES string of the molecule is CC(C)Oc1ccc(CC(=O)N2CCN(C(=O)c3ccco3)CC2)cc1. The maximum absolute atomic E-state index is 12.5. The van der Waals surface area contributed by atoms with E-state index in [0.717, 1.165) is 11.3 Å². The van der Waals surface area contributed by atoms with Crippen molar-refractivity contribution in [3.8, 4) is 5.75 Å². The Bertz CT molecular complexity index is 730. The van der Waals surface area contributed by atoms with Gasteiger partial charge in [0.1, 0.15) is 5.75 Å². The molecule has 0 bridgehead atoms. The highest BCUT2D eigenvalue weighted by molar-refractivity contribution is 5.91. The third kappa shape index (κ3) is 4.45. The topological polar surface area (TPSA) is 63.0 Å². The molecule has 26 heavy (non-hydrogen) atoms. The lowest BCUT2D eigenvalue weighted by Gasteiger charge is -2.34. The van der Waals surface area contributed by atoms with Crippen molar-refractivity contribution in [2.24, 2.45) is 0 Å². The molecule has 6 nitrogen and oxygen atoms in total. The number of carbonyl (C=O) groups is 2. The number of piperazine rings is 1. The highest BCUT2D eigenvalue weighted by atomic mass is 16.5. The molecule has 2 heterocycles. The molecule has 0 aliphatic carbocycles. The van der Waals surface area contributed by atoms with Gasteiger partial charge in [-0.2, -0.15) is 0 Å². The van der Waals surface area contributed by atoms with Crippen molar-refractivity contribution < 1.29 is 18.7 Å². The van der Waals surface area contributed by atoms with E-state index in [0.29, 0.717) is 38.4 Å². The van der Waals surface area contributed by atoms with Crippen molar-refractivity contribution in [1.82, 2.24) is 9.80 Å². The standard InChI is InChI=1S/C20H24N2O4/c1-15(2)26-17-7-5-16(6-8-17)14-19(23)21-9-11-22(12-10-21)20(24)18-4-3-13-25-18/h3-8,13,15H,9-12,14H2,1-2H3. The van der Waals surface area contributed by atoms with E-state index >= 15 is 0 Å². The Kier molecular flexibility index (Phi) is 5.61. The largest absolute Gasteiger partial charge is 0.491 e. The molecule has 1 aliphatic heterocycles. The molecule has 2 amide bonds. The third-order valence-corrected chi connectivity index (χ3v) is 4.30. The molecule has 0 N–H and O–H groups in total. The maximum atomic E-state index is 12.5. The summed E-state index contributed by atoms with van der Waals surface area (Å²) in [5.41, 5.74) is 0.959. The third-order valence-electron chi connectivity index (χ3n) is 4.30. The molecule has 0 spiro atoms. The minimum Gasteiger partial charge on any atom is -0.491 e. The van der Waals surface area contributed by atoms with Gasteiger partial charge in [0, 0.05) is 26.2 Å². The number of benzene rings is 1. The van der Waals surface area contributed by atoms with Crippen LogP contribution in [-0.2, 0) is 11.2 Å². The van der Waals surface area contributed by atoms with Crippen LogP contribution in [0.1, 0.15) is 30.0 Å². The lowest BCUT2D eigenvalue weighted by Crippen LogP contribution is -2.50. The van der Waals surface area contributed by atoms with Crippen LogP contribution in [0, 0.1) is 0 Å².